The summed E-state index contributed by atoms with van der Waals surface area (Å²) in [5.74, 6) is -1.21. The Labute approximate surface area is 432 Å². The monoisotopic (exact) mass is 1040 g/mol. The summed E-state index contributed by atoms with van der Waals surface area (Å²) in [6.45, 7) is 12.9. The predicted octanol–water partition coefficient (Wildman–Crippen LogP) is 9.14. The molecule has 0 spiro atoms. The number of nitrogens with one attached hydrogen (secondary N) is 2. The highest BCUT2D eigenvalue weighted by Crippen LogP contribution is 2.40. The fraction of sp³-hybridized carbons (Fsp3) is 0.389. The Bertz CT molecular complexity index is 2880. The number of ether oxygens (including phenoxy) is 2. The molecule has 2 aliphatic rings. The van der Waals surface area contributed by atoms with Crippen LogP contribution in [0.15, 0.2) is 96.5 Å². The Hall–Kier alpha value is -6.72. The van der Waals surface area contributed by atoms with Crippen molar-refractivity contribution in [2.75, 3.05) is 36.2 Å². The van der Waals surface area contributed by atoms with E-state index in [2.05, 4.69) is 15.6 Å². The van der Waals surface area contributed by atoms with Crippen molar-refractivity contribution in [1.82, 2.24) is 20.5 Å². The lowest BCUT2D eigenvalue weighted by Gasteiger charge is -2.35. The lowest BCUT2D eigenvalue weighted by Crippen LogP contribution is -2.58. The minimum atomic E-state index is -4.81. The van der Waals surface area contributed by atoms with E-state index in [1.807, 2.05) is 95.3 Å². The first-order chi connectivity index (χ1) is 34.5. The normalized spacial score (nSPS) is 17.6. The number of thiocarbonyl (C=S) groups is 1. The van der Waals surface area contributed by atoms with Crippen LogP contribution in [0.1, 0.15) is 89.2 Å². The number of aliphatic hydroxyl groups excluding tert-OH is 1. The number of thiazole rings is 1. The van der Waals surface area contributed by atoms with Crippen LogP contribution in [0.25, 0.3) is 21.6 Å². The maximum atomic E-state index is 14.1. The fourth-order valence-corrected chi connectivity index (χ4v) is 10.2. The number of anilines is 2. The van der Waals surface area contributed by atoms with Crippen LogP contribution in [0.2, 0.25) is 0 Å². The van der Waals surface area contributed by atoms with E-state index in [0.29, 0.717) is 30.9 Å². The van der Waals surface area contributed by atoms with Crippen LogP contribution < -0.4 is 25.2 Å². The molecule has 4 amide bonds. The maximum absolute atomic E-state index is 14.1. The number of aryl methyl sites for hydroxylation is 1. The zero-order chi connectivity index (χ0) is 53.0. The van der Waals surface area contributed by atoms with Crippen LogP contribution in [0.4, 0.5) is 24.5 Å². The summed E-state index contributed by atoms with van der Waals surface area (Å²) in [6, 6.07) is 25.0. The molecule has 5 aromatic rings. The Morgan fingerprint density at radius 3 is 2.15 bits per heavy atom. The lowest BCUT2D eigenvalue weighted by molar-refractivity contribution is -0.144. The number of amides is 4. The number of likely N-dealkylation sites (tertiary alicyclic amines) is 1. The summed E-state index contributed by atoms with van der Waals surface area (Å²) in [4.78, 5) is 63.9. The Kier molecular flexibility index (Phi) is 16.4. The van der Waals surface area contributed by atoms with E-state index in [9.17, 15) is 42.7 Å². The van der Waals surface area contributed by atoms with Gasteiger partial charge in [0.05, 0.1) is 57.7 Å². The molecular formula is C54H58F3N7O7S2. The summed E-state index contributed by atoms with van der Waals surface area (Å²) >= 11 is 7.23. The average Bonchev–Trinajstić information content (AvgIpc) is 4.01. The number of aromatic nitrogens is 1. The average molecular weight is 1040 g/mol. The van der Waals surface area contributed by atoms with E-state index < -0.39 is 70.1 Å². The molecule has 2 fully saturated rings. The minimum absolute atomic E-state index is 0.00275. The van der Waals surface area contributed by atoms with Crippen LogP contribution in [-0.4, -0.2) is 93.8 Å². The van der Waals surface area contributed by atoms with Gasteiger partial charge in [-0.15, -0.1) is 11.3 Å². The van der Waals surface area contributed by atoms with E-state index in [1.54, 1.807) is 53.8 Å². The van der Waals surface area contributed by atoms with Crippen molar-refractivity contribution in [2.24, 2.45) is 5.41 Å². The van der Waals surface area contributed by atoms with Gasteiger partial charge in [0.25, 0.3) is 5.91 Å². The molecule has 0 radical (unpaired) electrons. The first-order valence-corrected chi connectivity index (χ1v) is 25.1. The van der Waals surface area contributed by atoms with Gasteiger partial charge in [0.1, 0.15) is 30.0 Å². The third-order valence-corrected chi connectivity index (χ3v) is 14.3. The van der Waals surface area contributed by atoms with E-state index >= 15 is 0 Å². The van der Waals surface area contributed by atoms with Gasteiger partial charge in [0, 0.05) is 25.3 Å². The molecule has 3 N–H and O–H groups in total. The molecule has 384 valence electrons. The molecule has 3 heterocycles. The zero-order valence-electron chi connectivity index (χ0n) is 41.6. The quantitative estimate of drug-likeness (QED) is 0.0598. The van der Waals surface area contributed by atoms with Crippen molar-refractivity contribution >= 4 is 63.7 Å². The molecule has 0 aliphatic carbocycles. The summed E-state index contributed by atoms with van der Waals surface area (Å²) in [6.07, 6.45) is -4.41. The number of carbonyl (C=O) groups excluding carboxylic acids is 4. The highest BCUT2D eigenvalue weighted by atomic mass is 32.1. The summed E-state index contributed by atoms with van der Waals surface area (Å²) < 4.78 is 52.9. The van der Waals surface area contributed by atoms with Crippen molar-refractivity contribution in [3.63, 3.8) is 0 Å². The van der Waals surface area contributed by atoms with Crippen molar-refractivity contribution in [2.45, 2.75) is 104 Å². The van der Waals surface area contributed by atoms with Gasteiger partial charge in [-0.3, -0.25) is 24.1 Å². The van der Waals surface area contributed by atoms with E-state index in [4.69, 9.17) is 21.7 Å². The van der Waals surface area contributed by atoms with Crippen LogP contribution in [0.5, 0.6) is 5.75 Å². The van der Waals surface area contributed by atoms with E-state index in [-0.39, 0.29) is 43.0 Å². The van der Waals surface area contributed by atoms with Gasteiger partial charge in [-0.2, -0.15) is 18.4 Å². The van der Waals surface area contributed by atoms with Crippen LogP contribution in [0.3, 0.4) is 0 Å². The molecule has 0 bridgehead atoms. The summed E-state index contributed by atoms with van der Waals surface area (Å²) in [7, 11) is 0. The second kappa shape index (κ2) is 22.2. The smallest absolute Gasteiger partial charge is 0.417 e. The third-order valence-electron chi connectivity index (χ3n) is 12.9. The zero-order valence-corrected chi connectivity index (χ0v) is 43.2. The third kappa shape index (κ3) is 12.2. The molecule has 4 atom stereocenters. The number of nitriles is 1. The summed E-state index contributed by atoms with van der Waals surface area (Å²) in [5.41, 5.74) is 3.22. The molecule has 2 saturated heterocycles. The highest BCUT2D eigenvalue weighted by Gasteiger charge is 2.51. The van der Waals surface area contributed by atoms with Crippen molar-refractivity contribution < 1.29 is 46.9 Å². The molecule has 0 unspecified atom stereocenters. The summed E-state index contributed by atoms with van der Waals surface area (Å²) in [5, 5.41) is 25.7. The SMILES string of the molecule is Cc1ncsc1-c1ccc([C@H](C)NC(=O)[C@@H]2C[C@@H](O)CN2C(=O)[C@@H](NC(=O)COCCCCOc2ccc(-c3ccc(N4C(=S)N(c5ccc(C#N)c(C(F)(F)F)c5)C(=O)C4(C)C)cc3)cc2)C(C)(C)C)cc1. The van der Waals surface area contributed by atoms with Crippen LogP contribution >= 0.6 is 23.6 Å². The van der Waals surface area contributed by atoms with Crippen molar-refractivity contribution in [1.29, 1.82) is 5.26 Å². The number of alkyl halides is 3. The van der Waals surface area contributed by atoms with Crippen LogP contribution in [0, 0.1) is 23.7 Å². The number of halogens is 3. The van der Waals surface area contributed by atoms with Gasteiger partial charge in [0.2, 0.25) is 17.7 Å². The van der Waals surface area contributed by atoms with E-state index in [1.165, 1.54) is 11.0 Å². The van der Waals surface area contributed by atoms with Crippen LogP contribution in [-0.2, 0) is 30.1 Å². The Balaban J connectivity index is 0.847. The molecule has 2 aliphatic heterocycles. The molecule has 0 saturated carbocycles. The molecular weight excluding hydrogens is 980 g/mol. The number of β-amino-alcohol motifs (C(OH)–C–C–N with tert-alkyl or cyclic N) is 1. The number of carbonyl (C=O) groups is 4. The number of hydrogen-bond acceptors (Lipinski definition) is 11. The molecule has 1 aromatic heterocycles. The molecule has 73 heavy (non-hydrogen) atoms. The molecule has 19 heteroatoms. The second-order valence-electron chi connectivity index (χ2n) is 19.7. The fourth-order valence-electron chi connectivity index (χ4n) is 8.89. The predicted molar refractivity (Wildman–Crippen MR) is 277 cm³/mol. The highest BCUT2D eigenvalue weighted by molar-refractivity contribution is 7.81. The number of unbranched alkanes of at least 4 members (excludes halogenated alkanes) is 1. The lowest BCUT2D eigenvalue weighted by atomic mass is 9.85. The largest absolute Gasteiger partial charge is 0.494 e. The van der Waals surface area contributed by atoms with Gasteiger partial charge < -0.3 is 35.0 Å². The van der Waals surface area contributed by atoms with Gasteiger partial charge in [-0.25, -0.2) is 4.98 Å². The number of hydrogen-bond donors (Lipinski definition) is 3. The first kappa shape index (κ1) is 54.1. The standard InChI is InChI=1S/C54H58F3N7O7S2/c1-32(34-10-12-37(13-11-34)46-33(2)59-31-73-46)60-48(67)44-27-41(65)29-62(44)49(68)47(52(3,4)5)61-45(66)30-70-24-8-9-25-71-42-22-17-36(18-23-42)35-14-19-39(20-15-35)64-51(72)63(50(69)53(64,6)7)40-21-16-38(28-58)43(26-40)54(55,56)57/h10-23,26,31-32,41,44,47,65H,8-9,24-25,27,29-30H2,1-7H3,(H,60,67)(H,61,66)/t32-,41+,44-,47+/m0/s1. The van der Waals surface area contributed by atoms with Gasteiger partial charge >= 0.3 is 6.18 Å². The number of benzene rings is 4. The number of aliphatic hydroxyl groups is 1. The van der Waals surface area contributed by atoms with Crippen molar-refractivity contribution in [3.05, 3.63) is 119 Å². The molecule has 4 aromatic carbocycles. The minimum Gasteiger partial charge on any atom is -0.494 e. The Morgan fingerprint density at radius 2 is 1.55 bits per heavy atom. The first-order valence-electron chi connectivity index (χ1n) is 23.8. The second-order valence-corrected chi connectivity index (χ2v) is 20.9. The molecule has 7 rings (SSSR count). The molecule has 14 nitrogen and oxygen atoms in total. The maximum Gasteiger partial charge on any atom is 0.417 e. The Morgan fingerprint density at radius 1 is 0.932 bits per heavy atom. The van der Waals surface area contributed by atoms with Gasteiger partial charge in [-0.1, -0.05) is 69.3 Å². The van der Waals surface area contributed by atoms with Crippen molar-refractivity contribution in [3.8, 4) is 33.4 Å². The number of nitrogens with zero attached hydrogens (tertiary/aromatic N) is 5. The van der Waals surface area contributed by atoms with E-state index in [0.717, 1.165) is 49.9 Å². The number of rotatable bonds is 17. The van der Waals surface area contributed by atoms with Gasteiger partial charge in [0.15, 0.2) is 5.11 Å². The van der Waals surface area contributed by atoms with Gasteiger partial charge in [-0.05, 0) is 123 Å². The topological polar surface area (TPSA) is 177 Å².